The molecule has 3 fully saturated rings. The summed E-state index contributed by atoms with van der Waals surface area (Å²) in [5, 5.41) is 4.04. The molecule has 1 atom stereocenters. The van der Waals surface area contributed by atoms with Gasteiger partial charge in [-0.2, -0.15) is 0 Å². The molecule has 2 aromatic rings. The number of carbonyl (C=O) groups is 1. The molecule has 1 spiro atoms. The van der Waals surface area contributed by atoms with E-state index in [4.69, 9.17) is 9.26 Å². The Labute approximate surface area is 183 Å². The Bertz CT molecular complexity index is 931. The lowest BCUT2D eigenvalue weighted by molar-refractivity contribution is -0.00294. The van der Waals surface area contributed by atoms with Crippen LogP contribution in [0.3, 0.4) is 0 Å². The van der Waals surface area contributed by atoms with Gasteiger partial charge < -0.3 is 19.1 Å². The fourth-order valence-corrected chi connectivity index (χ4v) is 5.51. The van der Waals surface area contributed by atoms with E-state index in [0.717, 1.165) is 62.1 Å². The second-order valence-corrected chi connectivity index (χ2v) is 9.18. The highest BCUT2D eigenvalue weighted by molar-refractivity contribution is 5.72. The third-order valence-corrected chi connectivity index (χ3v) is 7.07. The smallest absolute Gasteiger partial charge is 0.409 e. The molecule has 1 saturated carbocycles. The number of ether oxygens (including phenoxy) is 1. The van der Waals surface area contributed by atoms with Crippen LogP contribution in [0.2, 0.25) is 0 Å². The van der Waals surface area contributed by atoms with Gasteiger partial charge in [0, 0.05) is 63.0 Å². The Morgan fingerprint density at radius 2 is 2.10 bits per heavy atom. The van der Waals surface area contributed by atoms with Crippen LogP contribution in [0.4, 0.5) is 10.6 Å². The number of carbonyl (C=O) groups excluding carboxylic acids is 1. The fraction of sp³-hybridized carbons (Fsp3) is 0.609. The number of nitrogens with zero attached hydrogens (tertiary/aromatic N) is 5. The summed E-state index contributed by atoms with van der Waals surface area (Å²) in [4.78, 5) is 23.4. The minimum absolute atomic E-state index is 0.154. The van der Waals surface area contributed by atoms with Crippen LogP contribution in [-0.2, 0) is 4.74 Å². The predicted molar refractivity (Wildman–Crippen MR) is 117 cm³/mol. The zero-order chi connectivity index (χ0) is 21.4. The molecule has 5 rings (SSSR count). The molecule has 2 aromatic heterocycles. The van der Waals surface area contributed by atoms with Gasteiger partial charge in [0.15, 0.2) is 5.76 Å². The SMILES string of the molecule is CCOC(=O)N1CC2(CC[C@@H](N3CCN(c4ncccc4-c4cc(C)no4)CC3)C2)C1. The largest absolute Gasteiger partial charge is 0.450 e. The second kappa shape index (κ2) is 8.15. The highest BCUT2D eigenvalue weighted by atomic mass is 16.6. The molecule has 0 radical (unpaired) electrons. The van der Waals surface area contributed by atoms with Crippen molar-refractivity contribution in [3.8, 4) is 11.3 Å². The van der Waals surface area contributed by atoms with Crippen LogP contribution < -0.4 is 4.90 Å². The van der Waals surface area contributed by atoms with E-state index in [9.17, 15) is 4.79 Å². The van der Waals surface area contributed by atoms with E-state index in [1.165, 1.54) is 19.3 Å². The van der Waals surface area contributed by atoms with E-state index in [1.54, 1.807) is 0 Å². The van der Waals surface area contributed by atoms with Crippen molar-refractivity contribution in [1.82, 2.24) is 19.9 Å². The quantitative estimate of drug-likeness (QED) is 0.745. The van der Waals surface area contributed by atoms with Gasteiger partial charge in [-0.3, -0.25) is 4.90 Å². The van der Waals surface area contributed by atoms with Crippen LogP contribution in [0.1, 0.15) is 31.9 Å². The zero-order valence-corrected chi connectivity index (χ0v) is 18.4. The number of piperazine rings is 1. The highest BCUT2D eigenvalue weighted by Gasteiger charge is 2.51. The molecule has 1 aliphatic carbocycles. The molecule has 3 aliphatic rings. The van der Waals surface area contributed by atoms with Crippen molar-refractivity contribution in [3.63, 3.8) is 0 Å². The molecule has 31 heavy (non-hydrogen) atoms. The topological polar surface area (TPSA) is 74.9 Å². The molecule has 1 amide bonds. The number of anilines is 1. The molecular formula is C23H31N5O3. The lowest BCUT2D eigenvalue weighted by Gasteiger charge is -2.48. The number of aromatic nitrogens is 2. The van der Waals surface area contributed by atoms with Crippen LogP contribution in [0.15, 0.2) is 28.9 Å². The fourth-order valence-electron chi connectivity index (χ4n) is 5.51. The molecule has 0 N–H and O–H groups in total. The number of pyridine rings is 1. The highest BCUT2D eigenvalue weighted by Crippen LogP contribution is 2.47. The first-order chi connectivity index (χ1) is 15.1. The molecule has 166 valence electrons. The second-order valence-electron chi connectivity index (χ2n) is 9.18. The van der Waals surface area contributed by atoms with Gasteiger partial charge in [0.25, 0.3) is 0 Å². The Hall–Kier alpha value is -2.61. The Morgan fingerprint density at radius 1 is 1.29 bits per heavy atom. The van der Waals surface area contributed by atoms with Crippen molar-refractivity contribution in [2.24, 2.45) is 5.41 Å². The Kier molecular flexibility index (Phi) is 5.33. The maximum atomic E-state index is 11.9. The number of hydrogen-bond donors (Lipinski definition) is 0. The molecule has 0 aromatic carbocycles. The van der Waals surface area contributed by atoms with Gasteiger partial charge >= 0.3 is 6.09 Å². The Morgan fingerprint density at radius 3 is 2.81 bits per heavy atom. The average Bonchev–Trinajstić information content (AvgIpc) is 3.40. The number of aryl methyl sites for hydroxylation is 1. The van der Waals surface area contributed by atoms with Crippen LogP contribution in [-0.4, -0.2) is 78.0 Å². The van der Waals surface area contributed by atoms with E-state index < -0.39 is 0 Å². The summed E-state index contributed by atoms with van der Waals surface area (Å²) in [7, 11) is 0. The maximum Gasteiger partial charge on any atom is 0.409 e. The minimum Gasteiger partial charge on any atom is -0.450 e. The summed E-state index contributed by atoms with van der Waals surface area (Å²) in [6.07, 6.45) is 5.32. The first kappa shape index (κ1) is 20.3. The number of amides is 1. The summed E-state index contributed by atoms with van der Waals surface area (Å²) in [6.45, 7) is 9.94. The lowest BCUT2D eigenvalue weighted by Crippen LogP contribution is -2.58. The van der Waals surface area contributed by atoms with E-state index >= 15 is 0 Å². The third-order valence-electron chi connectivity index (χ3n) is 7.07. The summed E-state index contributed by atoms with van der Waals surface area (Å²) < 4.78 is 10.6. The molecule has 0 bridgehead atoms. The number of hydrogen-bond acceptors (Lipinski definition) is 7. The van der Waals surface area contributed by atoms with Gasteiger partial charge in [-0.05, 0) is 45.2 Å². The summed E-state index contributed by atoms with van der Waals surface area (Å²) in [5.41, 5.74) is 2.19. The van der Waals surface area contributed by atoms with E-state index in [2.05, 4.69) is 26.0 Å². The van der Waals surface area contributed by atoms with Gasteiger partial charge in [-0.1, -0.05) is 5.16 Å². The van der Waals surface area contributed by atoms with Crippen molar-refractivity contribution in [2.75, 3.05) is 50.8 Å². The van der Waals surface area contributed by atoms with E-state index in [1.807, 2.05) is 37.1 Å². The number of rotatable bonds is 4. The standard InChI is InChI=1S/C23H31N5O3/c1-3-30-22(29)28-15-23(16-28)7-6-18(14-23)26-9-11-27(12-10-26)21-19(5-4-8-24-21)20-13-17(2)25-31-20/h4-5,8,13,18H,3,6-7,9-12,14-16H2,1-2H3/t18-/m1/s1. The van der Waals surface area contributed by atoms with Gasteiger partial charge in [0.2, 0.25) is 0 Å². The van der Waals surface area contributed by atoms with Crippen molar-refractivity contribution in [2.45, 2.75) is 39.2 Å². The normalized spacial score (nSPS) is 23.2. The molecule has 0 unspecified atom stereocenters. The Balaban J connectivity index is 1.18. The van der Waals surface area contributed by atoms with Crippen LogP contribution in [0, 0.1) is 12.3 Å². The van der Waals surface area contributed by atoms with Gasteiger partial charge in [-0.15, -0.1) is 0 Å². The van der Waals surface area contributed by atoms with Crippen molar-refractivity contribution < 1.29 is 14.1 Å². The van der Waals surface area contributed by atoms with Gasteiger partial charge in [0.05, 0.1) is 17.9 Å². The first-order valence-electron chi connectivity index (χ1n) is 11.4. The van der Waals surface area contributed by atoms with Gasteiger partial charge in [-0.25, -0.2) is 9.78 Å². The summed E-state index contributed by atoms with van der Waals surface area (Å²) >= 11 is 0. The van der Waals surface area contributed by atoms with Crippen LogP contribution in [0.5, 0.6) is 0 Å². The predicted octanol–water partition coefficient (Wildman–Crippen LogP) is 3.18. The zero-order valence-electron chi connectivity index (χ0n) is 18.4. The molecule has 2 saturated heterocycles. The van der Waals surface area contributed by atoms with Crippen LogP contribution >= 0.6 is 0 Å². The maximum absolute atomic E-state index is 11.9. The third kappa shape index (κ3) is 3.89. The number of likely N-dealkylation sites (tertiary alicyclic amines) is 1. The molecular weight excluding hydrogens is 394 g/mol. The first-order valence-corrected chi connectivity index (χ1v) is 11.4. The van der Waals surface area contributed by atoms with Crippen molar-refractivity contribution in [1.29, 1.82) is 0 Å². The van der Waals surface area contributed by atoms with Crippen molar-refractivity contribution >= 4 is 11.9 Å². The monoisotopic (exact) mass is 425 g/mol. The lowest BCUT2D eigenvalue weighted by atomic mass is 9.78. The minimum atomic E-state index is -0.154. The molecule has 8 heteroatoms. The summed E-state index contributed by atoms with van der Waals surface area (Å²) in [6, 6.07) is 6.59. The molecule has 4 heterocycles. The van der Waals surface area contributed by atoms with E-state index in [-0.39, 0.29) is 6.09 Å². The summed E-state index contributed by atoms with van der Waals surface area (Å²) in [5.74, 6) is 1.75. The van der Waals surface area contributed by atoms with Crippen LogP contribution in [0.25, 0.3) is 11.3 Å². The average molecular weight is 426 g/mol. The van der Waals surface area contributed by atoms with Crippen molar-refractivity contribution in [3.05, 3.63) is 30.1 Å². The molecule has 8 nitrogen and oxygen atoms in total. The van der Waals surface area contributed by atoms with E-state index in [0.29, 0.717) is 18.1 Å². The molecule has 2 aliphatic heterocycles. The van der Waals surface area contributed by atoms with Gasteiger partial charge in [0.1, 0.15) is 5.82 Å².